The summed E-state index contributed by atoms with van der Waals surface area (Å²) in [6, 6.07) is 87.0. The van der Waals surface area contributed by atoms with E-state index in [1.54, 1.807) is 0 Å². The highest BCUT2D eigenvalue weighted by Gasteiger charge is 2.29. The number of hydrogen-bond donors (Lipinski definition) is 0. The molecule has 0 saturated heterocycles. The molecule has 330 valence electrons. The molecule has 0 aliphatic carbocycles. The largest absolute Gasteiger partial charge is 0.308 e. The van der Waals surface area contributed by atoms with Crippen LogP contribution in [0.1, 0.15) is 0 Å². The van der Waals surface area contributed by atoms with Gasteiger partial charge in [0.1, 0.15) is 11.6 Å². The van der Waals surface area contributed by atoms with Crippen LogP contribution in [0.4, 0.5) is 34.1 Å². The van der Waals surface area contributed by atoms with Gasteiger partial charge in [0.15, 0.2) is 0 Å². The number of anilines is 6. The first kappa shape index (κ1) is 40.5. The third kappa shape index (κ3) is 6.75. The van der Waals surface area contributed by atoms with E-state index in [0.717, 1.165) is 101 Å². The Morgan fingerprint density at radius 1 is 0.271 bits per heavy atom. The summed E-state index contributed by atoms with van der Waals surface area (Å²) in [6.07, 6.45) is 0. The molecule has 12 aromatic rings. The Labute approximate surface area is 413 Å². The molecule has 8 heteroatoms. The van der Waals surface area contributed by atoms with Crippen molar-refractivity contribution >= 4 is 79.7 Å². The molecule has 0 amide bonds. The van der Waals surface area contributed by atoms with Gasteiger partial charge in [-0.05, 0) is 145 Å². The van der Waals surface area contributed by atoms with Gasteiger partial charge in [0, 0.05) is 53.5 Å². The average molecular weight is 933 g/mol. The Morgan fingerprint density at radius 2 is 0.586 bits per heavy atom. The zero-order valence-electron chi connectivity index (χ0n) is 37.6. The second-order valence-corrected chi connectivity index (χ2v) is 19.6. The highest BCUT2D eigenvalue weighted by molar-refractivity contribution is 8.00. The number of benzene rings is 10. The van der Waals surface area contributed by atoms with Gasteiger partial charge < -0.3 is 9.80 Å². The molecule has 4 heterocycles. The zero-order valence-corrected chi connectivity index (χ0v) is 39.2. The Morgan fingerprint density at radius 3 is 0.971 bits per heavy atom. The summed E-state index contributed by atoms with van der Waals surface area (Å²) in [5.74, 6) is 1.73. The maximum Gasteiger partial charge on any atom is 0.145 e. The predicted molar refractivity (Wildman–Crippen MR) is 290 cm³/mol. The Kier molecular flexibility index (Phi) is 9.60. The quantitative estimate of drug-likeness (QED) is 0.159. The lowest BCUT2D eigenvalue weighted by Crippen LogP contribution is -2.15. The molecule has 10 aromatic carbocycles. The third-order valence-corrected chi connectivity index (χ3v) is 15.5. The number of hydrogen-bond acceptors (Lipinski definition) is 6. The summed E-state index contributed by atoms with van der Waals surface area (Å²) in [5, 5.41) is 0. The van der Waals surface area contributed by atoms with Crippen LogP contribution < -0.4 is 9.80 Å². The maximum atomic E-state index is 5.46. The van der Waals surface area contributed by atoms with Crippen LogP contribution in [0.25, 0.3) is 67.3 Å². The predicted octanol–water partition coefficient (Wildman–Crippen LogP) is 17.2. The van der Waals surface area contributed by atoms with E-state index in [4.69, 9.17) is 9.97 Å². The molecule has 0 fully saturated rings. The highest BCUT2D eigenvalue weighted by Crippen LogP contribution is 2.54. The number of fused-ring (bicyclic) bond motifs is 6. The Bertz CT molecular complexity index is 3640. The van der Waals surface area contributed by atoms with Crippen molar-refractivity contribution in [3.63, 3.8) is 0 Å². The fourth-order valence-corrected chi connectivity index (χ4v) is 12.3. The molecule has 14 rings (SSSR count). The lowest BCUT2D eigenvalue weighted by molar-refractivity contribution is 1.10. The summed E-state index contributed by atoms with van der Waals surface area (Å²) < 4.78 is 4.60. The fraction of sp³-hybridized carbons (Fsp3) is 0. The Balaban J connectivity index is 1.08. The molecule has 2 aliphatic heterocycles. The number of para-hydroxylation sites is 10. The molecule has 2 aromatic heterocycles. The van der Waals surface area contributed by atoms with Crippen LogP contribution in [0.3, 0.4) is 0 Å². The van der Waals surface area contributed by atoms with Crippen molar-refractivity contribution in [2.45, 2.75) is 19.6 Å². The molecule has 0 unspecified atom stereocenters. The molecule has 2 aliphatic rings. The van der Waals surface area contributed by atoms with E-state index in [-0.39, 0.29) is 0 Å². The minimum absolute atomic E-state index is 0.863. The maximum absolute atomic E-state index is 5.46. The average Bonchev–Trinajstić information content (AvgIpc) is 4.02. The van der Waals surface area contributed by atoms with Gasteiger partial charge >= 0.3 is 0 Å². The van der Waals surface area contributed by atoms with E-state index >= 15 is 0 Å². The fourth-order valence-electron chi connectivity index (χ4n) is 10.2. The van der Waals surface area contributed by atoms with E-state index in [2.05, 4.69) is 262 Å². The van der Waals surface area contributed by atoms with Crippen LogP contribution in [-0.2, 0) is 0 Å². The Hall–Kier alpha value is -8.56. The van der Waals surface area contributed by atoms with Crippen molar-refractivity contribution in [2.24, 2.45) is 0 Å². The van der Waals surface area contributed by atoms with Crippen LogP contribution in [0, 0.1) is 0 Å². The number of rotatable bonds is 7. The van der Waals surface area contributed by atoms with E-state index in [0.29, 0.717) is 0 Å². The molecular formula is C62H40N6S2. The zero-order chi connectivity index (χ0) is 46.1. The molecule has 6 nitrogen and oxygen atoms in total. The molecule has 0 atom stereocenters. The van der Waals surface area contributed by atoms with E-state index < -0.39 is 0 Å². The molecule has 0 N–H and O–H groups in total. The third-order valence-electron chi connectivity index (χ3n) is 13.2. The van der Waals surface area contributed by atoms with Crippen molar-refractivity contribution in [1.82, 2.24) is 19.1 Å². The number of aromatic nitrogens is 4. The van der Waals surface area contributed by atoms with Crippen molar-refractivity contribution < 1.29 is 0 Å². The van der Waals surface area contributed by atoms with Crippen LogP contribution in [0.5, 0.6) is 0 Å². The summed E-state index contributed by atoms with van der Waals surface area (Å²) >= 11 is 3.63. The first-order valence-corrected chi connectivity index (χ1v) is 25.0. The highest BCUT2D eigenvalue weighted by atomic mass is 32.2. The van der Waals surface area contributed by atoms with Gasteiger partial charge in [-0.3, -0.25) is 9.13 Å². The summed E-state index contributed by atoms with van der Waals surface area (Å²) in [5.41, 5.74) is 16.8. The van der Waals surface area contributed by atoms with Crippen molar-refractivity contribution in [3.8, 4) is 45.3 Å². The molecular weight excluding hydrogens is 893 g/mol. The molecule has 0 bridgehead atoms. The second-order valence-electron chi connectivity index (χ2n) is 17.5. The normalized spacial score (nSPS) is 12.7. The van der Waals surface area contributed by atoms with Crippen LogP contribution >= 0.6 is 23.5 Å². The lowest BCUT2D eigenvalue weighted by atomic mass is 9.97. The monoisotopic (exact) mass is 932 g/mol. The summed E-state index contributed by atoms with van der Waals surface area (Å²) in [7, 11) is 0. The minimum Gasteiger partial charge on any atom is -0.308 e. The van der Waals surface area contributed by atoms with Gasteiger partial charge in [-0.25, -0.2) is 9.97 Å². The van der Waals surface area contributed by atoms with Crippen molar-refractivity contribution in [2.75, 3.05) is 9.80 Å². The van der Waals surface area contributed by atoms with Crippen LogP contribution in [0.2, 0.25) is 0 Å². The number of imidazole rings is 2. The second kappa shape index (κ2) is 16.6. The van der Waals surface area contributed by atoms with Gasteiger partial charge in [0.05, 0.1) is 44.8 Å². The summed E-state index contributed by atoms with van der Waals surface area (Å²) in [6.45, 7) is 0. The van der Waals surface area contributed by atoms with Gasteiger partial charge in [0.2, 0.25) is 0 Å². The lowest BCUT2D eigenvalue weighted by Gasteiger charge is -2.34. The smallest absolute Gasteiger partial charge is 0.145 e. The van der Waals surface area contributed by atoms with E-state index in [1.807, 2.05) is 23.5 Å². The molecule has 70 heavy (non-hydrogen) atoms. The minimum atomic E-state index is 0.863. The van der Waals surface area contributed by atoms with E-state index in [9.17, 15) is 0 Å². The molecule has 0 radical (unpaired) electrons. The van der Waals surface area contributed by atoms with Crippen molar-refractivity contribution in [3.05, 3.63) is 243 Å². The number of nitrogens with zero attached hydrogens (tertiary/aromatic N) is 6. The van der Waals surface area contributed by atoms with Crippen LogP contribution in [-0.4, -0.2) is 19.1 Å². The van der Waals surface area contributed by atoms with Gasteiger partial charge in [-0.1, -0.05) is 133 Å². The standard InChI is InChI=1S/C62H40N6S2/c1-3-19-45(20-4-1)67-51-25-9-7-23-49(51)63-61(67)43-35-41(37-47(39-43)65-53-27-11-15-31-57(53)69-58-32-16-12-28-54(58)65)42-36-44(62-64-50-24-8-10-26-52(50)68(62)46-21-5-2-6-22-46)40-48(38-42)66-55-29-13-17-33-59(55)70-60-34-18-14-30-56(60)66/h1-40H. The summed E-state index contributed by atoms with van der Waals surface area (Å²) in [4.78, 5) is 20.6. The molecule has 0 saturated carbocycles. The SMILES string of the molecule is c1ccc(-n2c(-c3cc(-c4cc(-c5nc6ccccc6n5-c5ccccc5)cc(N5c6ccccc6Sc6ccccc65)c4)cc(N4c5ccccc5Sc5ccccc54)c3)nc3ccccc32)cc1. The topological polar surface area (TPSA) is 42.1 Å². The van der Waals surface area contributed by atoms with Crippen molar-refractivity contribution in [1.29, 1.82) is 0 Å². The molecule has 0 spiro atoms. The van der Waals surface area contributed by atoms with Crippen LogP contribution in [0.15, 0.2) is 262 Å². The first-order chi connectivity index (χ1) is 34.7. The first-order valence-electron chi connectivity index (χ1n) is 23.4. The van der Waals surface area contributed by atoms with E-state index in [1.165, 1.54) is 19.6 Å². The van der Waals surface area contributed by atoms with Gasteiger partial charge in [0.25, 0.3) is 0 Å². The van der Waals surface area contributed by atoms with Gasteiger partial charge in [-0.2, -0.15) is 0 Å². The van der Waals surface area contributed by atoms with Gasteiger partial charge in [-0.15, -0.1) is 0 Å².